The number of nitro benzene ring substituents is 1. The number of amides is 1. The van der Waals surface area contributed by atoms with Crippen LogP contribution in [0.25, 0.3) is 0 Å². The Hall–Kier alpha value is -2.63. The van der Waals surface area contributed by atoms with Gasteiger partial charge in [-0.2, -0.15) is 5.26 Å². The first kappa shape index (κ1) is 21.7. The Bertz CT molecular complexity index is 842. The van der Waals surface area contributed by atoms with E-state index in [-0.39, 0.29) is 39.1 Å². The normalized spacial score (nSPS) is 18.8. The summed E-state index contributed by atoms with van der Waals surface area (Å²) in [6.45, 7) is 8.44. The number of nitrogens with one attached hydrogen (secondary N) is 3. The first-order valence-electron chi connectivity index (χ1n) is 8.83. The van der Waals surface area contributed by atoms with Gasteiger partial charge in [0.1, 0.15) is 16.7 Å². The van der Waals surface area contributed by atoms with Crippen LogP contribution >= 0.6 is 11.6 Å². The van der Waals surface area contributed by atoms with Gasteiger partial charge >= 0.3 is 0 Å². The van der Waals surface area contributed by atoms with Gasteiger partial charge in [-0.25, -0.2) is 0 Å². The maximum absolute atomic E-state index is 12.4. The lowest BCUT2D eigenvalue weighted by atomic mass is 9.80. The second-order valence-electron chi connectivity index (χ2n) is 8.21. The van der Waals surface area contributed by atoms with E-state index < -0.39 is 10.8 Å². The third-order valence-electron chi connectivity index (χ3n) is 4.42. The van der Waals surface area contributed by atoms with Gasteiger partial charge < -0.3 is 16.0 Å². The van der Waals surface area contributed by atoms with Crippen LogP contribution in [0.3, 0.4) is 0 Å². The largest absolute Gasteiger partial charge is 0.387 e. The summed E-state index contributed by atoms with van der Waals surface area (Å²) >= 11 is 5.77. The third kappa shape index (κ3) is 5.68. The number of piperidine rings is 1. The molecule has 1 amide bonds. The quantitative estimate of drug-likeness (QED) is 0.298. The van der Waals surface area contributed by atoms with E-state index in [4.69, 9.17) is 11.6 Å². The van der Waals surface area contributed by atoms with Crippen molar-refractivity contribution < 1.29 is 9.72 Å². The van der Waals surface area contributed by atoms with Gasteiger partial charge in [-0.15, -0.1) is 0 Å². The van der Waals surface area contributed by atoms with Crippen LogP contribution in [0.2, 0.25) is 5.02 Å². The van der Waals surface area contributed by atoms with Gasteiger partial charge in [0.05, 0.1) is 4.92 Å². The molecule has 0 unspecified atom stereocenters. The zero-order valence-corrected chi connectivity index (χ0v) is 17.1. The monoisotopic (exact) mass is 405 g/mol. The van der Waals surface area contributed by atoms with E-state index in [2.05, 4.69) is 43.6 Å². The smallest absolute Gasteiger partial charge is 0.289 e. The molecule has 1 aliphatic heterocycles. The molecule has 1 saturated heterocycles. The van der Waals surface area contributed by atoms with E-state index in [1.54, 1.807) is 0 Å². The minimum Gasteiger partial charge on any atom is -0.387 e. The first-order chi connectivity index (χ1) is 12.9. The van der Waals surface area contributed by atoms with Crippen molar-refractivity contribution in [2.45, 2.75) is 57.7 Å². The summed E-state index contributed by atoms with van der Waals surface area (Å²) in [6, 6.07) is 5.87. The van der Waals surface area contributed by atoms with Crippen molar-refractivity contribution in [3.8, 4) is 6.07 Å². The molecule has 1 fully saturated rings. The van der Waals surface area contributed by atoms with Crippen LogP contribution in [0.5, 0.6) is 0 Å². The van der Waals surface area contributed by atoms with Gasteiger partial charge in [-0.05, 0) is 52.7 Å². The molecule has 0 atom stereocenters. The van der Waals surface area contributed by atoms with E-state index >= 15 is 0 Å². The Kier molecular flexibility index (Phi) is 6.32. The second-order valence-corrected chi connectivity index (χ2v) is 8.62. The van der Waals surface area contributed by atoms with Crippen molar-refractivity contribution in [2.24, 2.45) is 0 Å². The van der Waals surface area contributed by atoms with Crippen LogP contribution in [-0.4, -0.2) is 28.0 Å². The molecule has 1 aromatic carbocycles. The zero-order chi connectivity index (χ0) is 21.1. The van der Waals surface area contributed by atoms with Crippen LogP contribution < -0.4 is 16.0 Å². The molecule has 0 spiro atoms. The zero-order valence-electron chi connectivity index (χ0n) is 16.3. The summed E-state index contributed by atoms with van der Waals surface area (Å²) in [6.07, 6.45) is 3.06. The Balaban J connectivity index is 2.10. The average molecular weight is 406 g/mol. The van der Waals surface area contributed by atoms with E-state index in [9.17, 15) is 20.2 Å². The van der Waals surface area contributed by atoms with Gasteiger partial charge in [-0.1, -0.05) is 11.6 Å². The molecule has 0 bridgehead atoms. The van der Waals surface area contributed by atoms with Gasteiger partial charge in [0.2, 0.25) is 0 Å². The fourth-order valence-electron chi connectivity index (χ4n) is 3.72. The highest BCUT2D eigenvalue weighted by Gasteiger charge is 2.37. The Morgan fingerprint density at radius 2 is 1.96 bits per heavy atom. The van der Waals surface area contributed by atoms with Gasteiger partial charge in [-0.3, -0.25) is 14.9 Å². The van der Waals surface area contributed by atoms with E-state index in [0.717, 1.165) is 18.9 Å². The molecule has 1 heterocycles. The van der Waals surface area contributed by atoms with Crippen LogP contribution in [0, 0.1) is 21.4 Å². The number of anilines is 1. The molecule has 9 heteroatoms. The molecule has 1 aliphatic rings. The molecule has 8 nitrogen and oxygen atoms in total. The number of carbonyl (C=O) groups excluding carboxylic acids is 1. The molecule has 3 N–H and O–H groups in total. The molecular weight excluding hydrogens is 382 g/mol. The van der Waals surface area contributed by atoms with Crippen molar-refractivity contribution in [3.63, 3.8) is 0 Å². The highest BCUT2D eigenvalue weighted by atomic mass is 35.5. The standard InChI is InChI=1S/C19H24ClN5O3/c1-18(2)8-14(9-19(3,4)24-18)22-11-12(10-21)17(26)23-13-5-6-15(20)16(7-13)25(27)28/h5-7,11,14,22,24H,8-9H2,1-4H3,(H,23,26)/b12-11-. The van der Waals surface area contributed by atoms with Crippen LogP contribution in [0.15, 0.2) is 30.0 Å². The highest BCUT2D eigenvalue weighted by Crippen LogP contribution is 2.29. The number of benzene rings is 1. The number of nitro groups is 1. The van der Waals surface area contributed by atoms with Gasteiger partial charge in [0, 0.05) is 35.1 Å². The lowest BCUT2D eigenvalue weighted by Crippen LogP contribution is -2.61. The Labute approximate surface area is 169 Å². The maximum Gasteiger partial charge on any atom is 0.289 e. The lowest BCUT2D eigenvalue weighted by Gasteiger charge is -2.46. The highest BCUT2D eigenvalue weighted by molar-refractivity contribution is 6.32. The lowest BCUT2D eigenvalue weighted by molar-refractivity contribution is -0.384. The van der Waals surface area contributed by atoms with Crippen molar-refractivity contribution in [1.29, 1.82) is 5.26 Å². The van der Waals surface area contributed by atoms with Crippen molar-refractivity contribution in [2.75, 3.05) is 5.32 Å². The fraction of sp³-hybridized carbons (Fsp3) is 0.474. The summed E-state index contributed by atoms with van der Waals surface area (Å²) in [4.78, 5) is 22.7. The number of hydrogen-bond acceptors (Lipinski definition) is 6. The third-order valence-corrected chi connectivity index (χ3v) is 4.74. The summed E-state index contributed by atoms with van der Waals surface area (Å²) < 4.78 is 0. The van der Waals surface area contributed by atoms with Crippen molar-refractivity contribution in [1.82, 2.24) is 10.6 Å². The minimum atomic E-state index is -0.654. The number of carbonyl (C=O) groups is 1. The number of nitrogens with zero attached hydrogens (tertiary/aromatic N) is 2. The number of rotatable bonds is 5. The summed E-state index contributed by atoms with van der Waals surface area (Å²) in [5, 5.41) is 29.5. The van der Waals surface area contributed by atoms with E-state index in [0.29, 0.717) is 0 Å². The molecule has 0 aliphatic carbocycles. The predicted octanol–water partition coefficient (Wildman–Crippen LogP) is 3.49. The Morgan fingerprint density at radius 3 is 2.50 bits per heavy atom. The number of nitriles is 1. The molecule has 1 aromatic rings. The molecule has 28 heavy (non-hydrogen) atoms. The van der Waals surface area contributed by atoms with Crippen LogP contribution in [-0.2, 0) is 4.79 Å². The van der Waals surface area contributed by atoms with E-state index in [1.165, 1.54) is 18.3 Å². The summed E-state index contributed by atoms with van der Waals surface area (Å²) in [5.74, 6) is -0.654. The number of halogens is 1. The molecule has 0 aromatic heterocycles. The molecule has 150 valence electrons. The molecule has 0 radical (unpaired) electrons. The van der Waals surface area contributed by atoms with E-state index in [1.807, 2.05) is 6.07 Å². The van der Waals surface area contributed by atoms with Crippen molar-refractivity contribution in [3.05, 3.63) is 45.1 Å². The van der Waals surface area contributed by atoms with Gasteiger partial charge in [0.15, 0.2) is 0 Å². The SMILES string of the molecule is CC1(C)CC(N/C=C(/C#N)C(=O)Nc2ccc(Cl)c([N+](=O)[O-])c2)CC(C)(C)N1. The fourth-order valence-corrected chi connectivity index (χ4v) is 3.91. The minimum absolute atomic E-state index is 0.0307. The molecular formula is C19H24ClN5O3. The molecule has 0 saturated carbocycles. The summed E-state index contributed by atoms with van der Waals surface area (Å²) in [7, 11) is 0. The second kappa shape index (κ2) is 8.17. The number of hydrogen-bond donors (Lipinski definition) is 3. The average Bonchev–Trinajstić information content (AvgIpc) is 2.54. The summed E-state index contributed by atoms with van der Waals surface area (Å²) in [5.41, 5.74) is -0.410. The topological polar surface area (TPSA) is 120 Å². The Morgan fingerprint density at radius 1 is 1.36 bits per heavy atom. The van der Waals surface area contributed by atoms with Crippen LogP contribution in [0.4, 0.5) is 11.4 Å². The molecule has 2 rings (SSSR count). The van der Waals surface area contributed by atoms with Gasteiger partial charge in [0.25, 0.3) is 11.6 Å². The maximum atomic E-state index is 12.4. The predicted molar refractivity (Wildman–Crippen MR) is 108 cm³/mol. The van der Waals surface area contributed by atoms with Crippen molar-refractivity contribution >= 4 is 28.9 Å². The first-order valence-corrected chi connectivity index (χ1v) is 9.21. The van der Waals surface area contributed by atoms with Crippen LogP contribution in [0.1, 0.15) is 40.5 Å².